The Morgan fingerprint density at radius 3 is 2.22 bits per heavy atom. The first-order valence-corrected chi connectivity index (χ1v) is 7.13. The molecule has 0 saturated carbocycles. The summed E-state index contributed by atoms with van der Waals surface area (Å²) < 4.78 is 9.13. The molecule has 0 fully saturated rings. The van der Waals surface area contributed by atoms with Gasteiger partial charge < -0.3 is 20.1 Å². The Morgan fingerprint density at radius 2 is 1.74 bits per heavy atom. The first-order chi connectivity index (χ1) is 10.9. The average Bonchev–Trinajstić information content (AvgIpc) is 2.53. The second-order valence-corrected chi connectivity index (χ2v) is 4.79. The maximum absolute atomic E-state index is 10.8. The van der Waals surface area contributed by atoms with Crippen LogP contribution in [-0.2, 0) is 25.7 Å². The Balaban J connectivity index is 0.000000423. The lowest BCUT2D eigenvalue weighted by Crippen LogP contribution is -2.31. The van der Waals surface area contributed by atoms with Gasteiger partial charge in [0.25, 0.3) is 0 Å². The normalized spacial score (nSPS) is 9.26. The first kappa shape index (κ1) is 20.4. The SMILES string of the molecule is CNC(=O)OCc1ccccc1.COC(=O)CC(=O)NC(C)C. The van der Waals surface area contributed by atoms with Gasteiger partial charge in [0.1, 0.15) is 13.0 Å². The van der Waals surface area contributed by atoms with Crippen LogP contribution in [0.2, 0.25) is 0 Å². The Bertz CT molecular complexity index is 489. The fourth-order valence-electron chi connectivity index (χ4n) is 1.37. The maximum Gasteiger partial charge on any atom is 0.407 e. The predicted molar refractivity (Wildman–Crippen MR) is 85.6 cm³/mol. The summed E-state index contributed by atoms with van der Waals surface area (Å²) in [5.74, 6) is -0.810. The van der Waals surface area contributed by atoms with E-state index in [1.165, 1.54) is 14.2 Å². The summed E-state index contributed by atoms with van der Waals surface area (Å²) in [4.78, 5) is 32.0. The average molecular weight is 324 g/mol. The molecule has 0 bridgehead atoms. The number of benzene rings is 1. The minimum atomic E-state index is -0.511. The van der Waals surface area contributed by atoms with E-state index in [2.05, 4.69) is 15.4 Å². The number of rotatable bonds is 5. The van der Waals surface area contributed by atoms with Gasteiger partial charge in [0.15, 0.2) is 0 Å². The van der Waals surface area contributed by atoms with E-state index in [9.17, 15) is 14.4 Å². The van der Waals surface area contributed by atoms with Crippen molar-refractivity contribution in [2.45, 2.75) is 32.9 Å². The molecule has 0 radical (unpaired) electrons. The van der Waals surface area contributed by atoms with Crippen LogP contribution in [0.5, 0.6) is 0 Å². The topological polar surface area (TPSA) is 93.7 Å². The van der Waals surface area contributed by atoms with Crippen LogP contribution in [0.4, 0.5) is 4.79 Å². The molecule has 23 heavy (non-hydrogen) atoms. The van der Waals surface area contributed by atoms with Gasteiger partial charge in [0.2, 0.25) is 5.91 Å². The molecule has 0 unspecified atom stereocenters. The summed E-state index contributed by atoms with van der Waals surface area (Å²) in [5, 5.41) is 4.94. The summed E-state index contributed by atoms with van der Waals surface area (Å²) in [5.41, 5.74) is 0.987. The van der Waals surface area contributed by atoms with Gasteiger partial charge in [-0.25, -0.2) is 4.79 Å². The quantitative estimate of drug-likeness (QED) is 0.634. The first-order valence-electron chi connectivity index (χ1n) is 7.13. The van der Waals surface area contributed by atoms with Crippen molar-refractivity contribution in [3.63, 3.8) is 0 Å². The third kappa shape index (κ3) is 11.7. The van der Waals surface area contributed by atoms with Gasteiger partial charge in [0.05, 0.1) is 7.11 Å². The third-order valence-electron chi connectivity index (χ3n) is 2.40. The number of methoxy groups -OCH3 is 1. The molecule has 2 N–H and O–H groups in total. The minimum Gasteiger partial charge on any atom is -0.469 e. The molecule has 0 spiro atoms. The Labute approximate surface area is 136 Å². The zero-order chi connectivity index (χ0) is 17.7. The van der Waals surface area contributed by atoms with Gasteiger partial charge in [-0.1, -0.05) is 30.3 Å². The van der Waals surface area contributed by atoms with Crippen molar-refractivity contribution in [1.82, 2.24) is 10.6 Å². The van der Waals surface area contributed by atoms with E-state index in [0.29, 0.717) is 6.61 Å². The van der Waals surface area contributed by atoms with Crippen LogP contribution in [0.3, 0.4) is 0 Å². The highest BCUT2D eigenvalue weighted by Crippen LogP contribution is 1.99. The molecule has 0 heterocycles. The largest absolute Gasteiger partial charge is 0.469 e. The highest BCUT2D eigenvalue weighted by atomic mass is 16.5. The highest BCUT2D eigenvalue weighted by Gasteiger charge is 2.09. The van der Waals surface area contributed by atoms with Crippen LogP contribution in [0.15, 0.2) is 30.3 Å². The van der Waals surface area contributed by atoms with Crippen molar-refractivity contribution in [2.24, 2.45) is 0 Å². The molecule has 1 aromatic rings. The molecule has 7 heteroatoms. The van der Waals surface area contributed by atoms with Gasteiger partial charge in [0, 0.05) is 13.1 Å². The minimum absolute atomic E-state index is 0.0622. The Kier molecular flexibility index (Phi) is 10.7. The number of hydrogen-bond acceptors (Lipinski definition) is 5. The number of carbonyl (C=O) groups is 3. The van der Waals surface area contributed by atoms with Crippen molar-refractivity contribution in [1.29, 1.82) is 0 Å². The zero-order valence-corrected chi connectivity index (χ0v) is 13.9. The number of alkyl carbamates (subject to hydrolysis) is 1. The van der Waals surface area contributed by atoms with Gasteiger partial charge in [-0.2, -0.15) is 0 Å². The molecular formula is C16H24N2O5. The predicted octanol–water partition coefficient (Wildman–Crippen LogP) is 1.62. The highest BCUT2D eigenvalue weighted by molar-refractivity contribution is 5.94. The Morgan fingerprint density at radius 1 is 1.13 bits per heavy atom. The van der Waals surface area contributed by atoms with E-state index >= 15 is 0 Å². The number of ether oxygens (including phenoxy) is 2. The third-order valence-corrected chi connectivity index (χ3v) is 2.40. The molecular weight excluding hydrogens is 300 g/mol. The number of esters is 1. The second-order valence-electron chi connectivity index (χ2n) is 4.79. The molecule has 0 aliphatic rings. The van der Waals surface area contributed by atoms with Crippen LogP contribution in [0, 0.1) is 0 Å². The Hall–Kier alpha value is -2.57. The lowest BCUT2D eigenvalue weighted by atomic mass is 10.2. The van der Waals surface area contributed by atoms with Crippen molar-refractivity contribution >= 4 is 18.0 Å². The van der Waals surface area contributed by atoms with E-state index in [4.69, 9.17) is 4.74 Å². The summed E-state index contributed by atoms with van der Waals surface area (Å²) in [6, 6.07) is 9.60. The van der Waals surface area contributed by atoms with Crippen molar-refractivity contribution in [3.8, 4) is 0 Å². The van der Waals surface area contributed by atoms with Crippen molar-refractivity contribution < 1.29 is 23.9 Å². The van der Waals surface area contributed by atoms with Crippen LogP contribution < -0.4 is 10.6 Å². The molecule has 128 valence electrons. The molecule has 1 aromatic carbocycles. The summed E-state index contributed by atoms with van der Waals surface area (Å²) >= 11 is 0. The van der Waals surface area contributed by atoms with Gasteiger partial charge in [-0.3, -0.25) is 9.59 Å². The second kappa shape index (κ2) is 12.0. The van der Waals surface area contributed by atoms with E-state index in [-0.39, 0.29) is 18.4 Å². The van der Waals surface area contributed by atoms with Crippen LogP contribution >= 0.6 is 0 Å². The van der Waals surface area contributed by atoms with Crippen LogP contribution in [-0.4, -0.2) is 38.2 Å². The molecule has 0 aliphatic heterocycles. The van der Waals surface area contributed by atoms with Gasteiger partial charge in [-0.15, -0.1) is 0 Å². The molecule has 7 nitrogen and oxygen atoms in total. The lowest BCUT2D eigenvalue weighted by molar-refractivity contribution is -0.143. The molecule has 0 aromatic heterocycles. The zero-order valence-electron chi connectivity index (χ0n) is 13.9. The smallest absolute Gasteiger partial charge is 0.407 e. The summed E-state index contributed by atoms with van der Waals surface area (Å²) in [6.45, 7) is 3.98. The fourth-order valence-corrected chi connectivity index (χ4v) is 1.37. The molecule has 0 aliphatic carbocycles. The molecule has 0 saturated heterocycles. The van der Waals surface area contributed by atoms with Gasteiger partial charge >= 0.3 is 12.1 Å². The lowest BCUT2D eigenvalue weighted by Gasteiger charge is -2.06. The number of amides is 2. The van der Waals surface area contributed by atoms with E-state index in [0.717, 1.165) is 5.56 Å². The van der Waals surface area contributed by atoms with Crippen LogP contribution in [0.25, 0.3) is 0 Å². The molecule has 1 rings (SSSR count). The molecule has 0 atom stereocenters. The molecule has 2 amide bonds. The number of carbonyl (C=O) groups excluding carboxylic acids is 3. The van der Waals surface area contributed by atoms with Crippen molar-refractivity contribution in [2.75, 3.05) is 14.2 Å². The monoisotopic (exact) mass is 324 g/mol. The fraction of sp³-hybridized carbons (Fsp3) is 0.438. The van der Waals surface area contributed by atoms with E-state index in [1.54, 1.807) is 0 Å². The van der Waals surface area contributed by atoms with Gasteiger partial charge in [-0.05, 0) is 19.4 Å². The van der Waals surface area contributed by atoms with E-state index < -0.39 is 12.1 Å². The maximum atomic E-state index is 10.8. The van der Waals surface area contributed by atoms with E-state index in [1.807, 2.05) is 44.2 Å². The van der Waals surface area contributed by atoms with Crippen molar-refractivity contribution in [3.05, 3.63) is 35.9 Å². The summed E-state index contributed by atoms with van der Waals surface area (Å²) in [6.07, 6.45) is -0.604. The number of nitrogens with one attached hydrogen (secondary N) is 2. The van der Waals surface area contributed by atoms with Crippen LogP contribution in [0.1, 0.15) is 25.8 Å². The standard InChI is InChI=1S/C9H11NO2.C7H13NO3/c1-10-9(11)12-7-8-5-3-2-4-6-8;1-5(2)8-6(9)4-7(10)11-3/h2-6H,7H2,1H3,(H,10,11);5H,4H2,1-3H3,(H,8,9). The number of hydrogen-bond donors (Lipinski definition) is 2. The summed E-state index contributed by atoms with van der Waals surface area (Å²) in [7, 11) is 2.79.